The Hall–Kier alpha value is -2.39. The van der Waals surface area contributed by atoms with Crippen LogP contribution < -0.4 is 5.32 Å². The first-order valence-electron chi connectivity index (χ1n) is 9.57. The molecule has 0 amide bonds. The lowest BCUT2D eigenvalue weighted by Gasteiger charge is -2.13. The maximum atomic E-state index is 13.4. The Kier molecular flexibility index (Phi) is 5.83. The van der Waals surface area contributed by atoms with Crippen molar-refractivity contribution in [3.05, 3.63) is 63.1 Å². The average Bonchev–Trinajstić information content (AvgIpc) is 2.88. The predicted octanol–water partition coefficient (Wildman–Crippen LogP) is 7.63. The van der Waals surface area contributed by atoms with Gasteiger partial charge in [0.1, 0.15) is 5.82 Å². The third kappa shape index (κ3) is 4.28. The molecule has 1 aromatic heterocycles. The van der Waals surface area contributed by atoms with Crippen molar-refractivity contribution in [3.63, 3.8) is 0 Å². The lowest BCUT2D eigenvalue weighted by Crippen LogP contribution is -2.10. The Morgan fingerprint density at radius 3 is 2.28 bits per heavy atom. The Labute approximate surface area is 188 Å². The first-order chi connectivity index (χ1) is 15.0. The van der Waals surface area contributed by atoms with Crippen molar-refractivity contribution in [1.29, 1.82) is 0 Å². The van der Waals surface area contributed by atoms with Gasteiger partial charge in [0.25, 0.3) is 0 Å². The van der Waals surface area contributed by atoms with E-state index in [4.69, 9.17) is 23.2 Å². The van der Waals surface area contributed by atoms with Gasteiger partial charge in [-0.1, -0.05) is 29.3 Å². The molecule has 0 aliphatic carbocycles. The number of fused-ring (bicyclic) bond motifs is 1. The molecule has 4 rings (SSSR count). The Balaban J connectivity index is 1.94. The van der Waals surface area contributed by atoms with Crippen molar-refractivity contribution in [2.45, 2.75) is 31.6 Å². The maximum absolute atomic E-state index is 13.4. The summed E-state index contributed by atoms with van der Waals surface area (Å²) in [6.45, 7) is 0.531. The number of nitrogens with one attached hydrogen (secondary N) is 1. The lowest BCUT2D eigenvalue weighted by molar-refractivity contribution is -0.138. The average molecular weight is 494 g/mol. The molecular formula is C21H15Cl2F6N3. The van der Waals surface area contributed by atoms with Gasteiger partial charge in [-0.2, -0.15) is 31.4 Å². The smallest absolute Gasteiger partial charge is 0.370 e. The number of alkyl halides is 6. The molecule has 2 heterocycles. The number of aromatic nitrogens is 2. The molecule has 1 aliphatic heterocycles. The van der Waals surface area contributed by atoms with Crippen molar-refractivity contribution < 1.29 is 26.3 Å². The van der Waals surface area contributed by atoms with Gasteiger partial charge in [-0.05, 0) is 49.6 Å². The van der Waals surface area contributed by atoms with Crippen molar-refractivity contribution in [2.75, 3.05) is 11.9 Å². The van der Waals surface area contributed by atoms with Gasteiger partial charge in [0.05, 0.1) is 32.6 Å². The van der Waals surface area contributed by atoms with Crippen LogP contribution in [0.3, 0.4) is 0 Å². The van der Waals surface area contributed by atoms with Crippen LogP contribution in [0.4, 0.5) is 32.2 Å². The van der Waals surface area contributed by atoms with E-state index < -0.39 is 28.5 Å². The van der Waals surface area contributed by atoms with E-state index in [0.29, 0.717) is 24.3 Å². The zero-order valence-electron chi connectivity index (χ0n) is 16.2. The number of benzene rings is 2. The van der Waals surface area contributed by atoms with E-state index in [1.165, 1.54) is 10.7 Å². The fourth-order valence-electron chi connectivity index (χ4n) is 3.65. The minimum absolute atomic E-state index is 0.0213. The number of hydrogen-bond donors (Lipinski definition) is 1. The first kappa shape index (κ1) is 22.8. The molecule has 11 heteroatoms. The highest BCUT2D eigenvalue weighted by Gasteiger charge is 2.35. The van der Waals surface area contributed by atoms with E-state index in [9.17, 15) is 26.3 Å². The third-order valence-electron chi connectivity index (χ3n) is 5.18. The van der Waals surface area contributed by atoms with Crippen molar-refractivity contribution in [3.8, 4) is 16.9 Å². The summed E-state index contributed by atoms with van der Waals surface area (Å²) in [6, 6.07) is 6.28. The molecule has 0 unspecified atom stereocenters. The number of hydrogen-bond acceptors (Lipinski definition) is 2. The summed E-state index contributed by atoms with van der Waals surface area (Å²) in [7, 11) is 0. The number of halogens is 8. The SMILES string of the molecule is FC(F)(F)c1ccc(Cl)c(-n2nc(-c3ccc(Cl)c(C(F)(F)F)c3)c3c2NCCCC3)c1. The predicted molar refractivity (Wildman–Crippen MR) is 110 cm³/mol. The second kappa shape index (κ2) is 8.19. The largest absolute Gasteiger partial charge is 0.417 e. The minimum Gasteiger partial charge on any atom is -0.370 e. The van der Waals surface area contributed by atoms with Gasteiger partial charge < -0.3 is 5.32 Å². The molecule has 2 aromatic carbocycles. The fourth-order valence-corrected chi connectivity index (χ4v) is 4.07. The molecular weight excluding hydrogens is 479 g/mol. The lowest BCUT2D eigenvalue weighted by atomic mass is 10.0. The molecule has 0 spiro atoms. The van der Waals surface area contributed by atoms with E-state index in [1.807, 2.05) is 0 Å². The van der Waals surface area contributed by atoms with Gasteiger partial charge in [-0.25, -0.2) is 4.68 Å². The highest BCUT2D eigenvalue weighted by Crippen LogP contribution is 2.41. The van der Waals surface area contributed by atoms with Crippen LogP contribution in [0.2, 0.25) is 10.0 Å². The second-order valence-electron chi connectivity index (χ2n) is 7.33. The molecule has 1 aliphatic rings. The minimum atomic E-state index is -4.67. The summed E-state index contributed by atoms with van der Waals surface area (Å²) in [6.07, 6.45) is -7.28. The zero-order valence-corrected chi connectivity index (χ0v) is 17.7. The zero-order chi connectivity index (χ0) is 23.3. The number of rotatable bonds is 2. The van der Waals surface area contributed by atoms with Crippen LogP contribution in [0.15, 0.2) is 36.4 Å². The van der Waals surface area contributed by atoms with E-state index >= 15 is 0 Å². The summed E-state index contributed by atoms with van der Waals surface area (Å²) >= 11 is 11.9. The highest BCUT2D eigenvalue weighted by molar-refractivity contribution is 6.32. The van der Waals surface area contributed by atoms with E-state index in [0.717, 1.165) is 43.2 Å². The normalized spacial score (nSPS) is 14.6. The van der Waals surface area contributed by atoms with Gasteiger partial charge in [-0.15, -0.1) is 0 Å². The summed E-state index contributed by atoms with van der Waals surface area (Å²) in [4.78, 5) is 0. The van der Waals surface area contributed by atoms with Gasteiger partial charge in [0.15, 0.2) is 0 Å². The fraction of sp³-hybridized carbons (Fsp3) is 0.286. The van der Waals surface area contributed by atoms with E-state index in [2.05, 4.69) is 10.4 Å². The summed E-state index contributed by atoms with van der Waals surface area (Å²) < 4.78 is 81.2. The molecule has 3 aromatic rings. The van der Waals surface area contributed by atoms with Gasteiger partial charge in [-0.3, -0.25) is 0 Å². The molecule has 3 nitrogen and oxygen atoms in total. The topological polar surface area (TPSA) is 29.9 Å². The molecule has 0 atom stereocenters. The van der Waals surface area contributed by atoms with Crippen molar-refractivity contribution in [2.24, 2.45) is 0 Å². The van der Waals surface area contributed by atoms with Gasteiger partial charge in [0.2, 0.25) is 0 Å². The van der Waals surface area contributed by atoms with Crippen LogP contribution in [0.5, 0.6) is 0 Å². The maximum Gasteiger partial charge on any atom is 0.417 e. The van der Waals surface area contributed by atoms with Crippen LogP contribution in [0, 0.1) is 0 Å². The molecule has 0 saturated heterocycles. The second-order valence-corrected chi connectivity index (χ2v) is 8.14. The summed E-state index contributed by atoms with van der Waals surface area (Å²) in [5.74, 6) is 0.405. The molecule has 0 bridgehead atoms. The Morgan fingerprint density at radius 2 is 1.59 bits per heavy atom. The standard InChI is InChI=1S/C21H15Cl2F6N3/c22-15-6-4-11(9-14(15)21(27,28)29)18-13-3-1-2-8-30-19(13)32(31-18)17-10-12(20(24,25)26)5-7-16(17)23/h4-7,9-10,30H,1-3,8H2. The van der Waals surface area contributed by atoms with E-state index in [-0.39, 0.29) is 22.0 Å². The van der Waals surface area contributed by atoms with Crippen molar-refractivity contribution >= 4 is 29.0 Å². The molecule has 170 valence electrons. The van der Waals surface area contributed by atoms with Crippen molar-refractivity contribution in [1.82, 2.24) is 9.78 Å². The number of anilines is 1. The molecule has 32 heavy (non-hydrogen) atoms. The summed E-state index contributed by atoms with van der Waals surface area (Å²) in [5.41, 5.74) is -0.968. The first-order valence-corrected chi connectivity index (χ1v) is 10.3. The van der Waals surface area contributed by atoms with Gasteiger partial charge in [0, 0.05) is 17.7 Å². The van der Waals surface area contributed by atoms with Gasteiger partial charge >= 0.3 is 12.4 Å². The molecule has 0 saturated carbocycles. The van der Waals surface area contributed by atoms with Crippen LogP contribution in [-0.2, 0) is 18.8 Å². The monoisotopic (exact) mass is 493 g/mol. The quantitative estimate of drug-likeness (QED) is 0.372. The Morgan fingerprint density at radius 1 is 0.875 bits per heavy atom. The molecule has 0 fully saturated rings. The molecule has 0 radical (unpaired) electrons. The van der Waals surface area contributed by atoms with Crippen LogP contribution >= 0.6 is 23.2 Å². The van der Waals surface area contributed by atoms with Crippen LogP contribution in [-0.4, -0.2) is 16.3 Å². The molecule has 1 N–H and O–H groups in total. The van der Waals surface area contributed by atoms with Crippen LogP contribution in [0.25, 0.3) is 16.9 Å². The third-order valence-corrected chi connectivity index (χ3v) is 5.83. The highest BCUT2D eigenvalue weighted by atomic mass is 35.5. The Bertz CT molecular complexity index is 1170. The van der Waals surface area contributed by atoms with E-state index in [1.54, 1.807) is 0 Å². The number of nitrogens with zero attached hydrogens (tertiary/aromatic N) is 2. The summed E-state index contributed by atoms with van der Waals surface area (Å²) in [5, 5.41) is 7.11. The van der Waals surface area contributed by atoms with Crippen LogP contribution in [0.1, 0.15) is 29.5 Å².